The van der Waals surface area contributed by atoms with E-state index < -0.39 is 0 Å². The van der Waals surface area contributed by atoms with Crippen LogP contribution in [-0.4, -0.2) is 26.0 Å². The minimum absolute atomic E-state index is 0.198. The summed E-state index contributed by atoms with van der Waals surface area (Å²) in [5.41, 5.74) is 1.80. The third-order valence-electron chi connectivity index (χ3n) is 4.03. The van der Waals surface area contributed by atoms with Crippen LogP contribution in [-0.2, 0) is 6.54 Å². The first-order valence-corrected chi connectivity index (χ1v) is 8.54. The maximum absolute atomic E-state index is 12.5. The van der Waals surface area contributed by atoms with Crippen LogP contribution in [0.5, 0.6) is 11.5 Å². The van der Waals surface area contributed by atoms with Crippen molar-refractivity contribution >= 4 is 17.5 Å². The van der Waals surface area contributed by atoms with Gasteiger partial charge in [-0.3, -0.25) is 9.59 Å². The molecule has 0 aliphatic carbocycles. The van der Waals surface area contributed by atoms with Gasteiger partial charge >= 0.3 is 0 Å². The molecule has 7 nitrogen and oxygen atoms in total. The van der Waals surface area contributed by atoms with Crippen LogP contribution in [0.2, 0.25) is 0 Å². The fourth-order valence-electron chi connectivity index (χ4n) is 2.61. The quantitative estimate of drug-likeness (QED) is 0.655. The fourth-order valence-corrected chi connectivity index (χ4v) is 2.61. The lowest BCUT2D eigenvalue weighted by Crippen LogP contribution is -2.23. The molecule has 0 aliphatic rings. The molecule has 7 heteroatoms. The molecule has 0 spiro atoms. The second-order valence-electron chi connectivity index (χ2n) is 5.88. The Balaban J connectivity index is 1.64. The lowest BCUT2D eigenvalue weighted by Gasteiger charge is -2.11. The summed E-state index contributed by atoms with van der Waals surface area (Å²) < 4.78 is 15.5. The molecule has 3 aromatic rings. The number of methoxy groups -OCH3 is 2. The molecule has 0 aliphatic heterocycles. The molecule has 3 rings (SSSR count). The van der Waals surface area contributed by atoms with Crippen molar-refractivity contribution in [3.8, 4) is 11.5 Å². The largest absolute Gasteiger partial charge is 0.493 e. The van der Waals surface area contributed by atoms with Crippen molar-refractivity contribution in [2.75, 3.05) is 19.5 Å². The molecule has 1 heterocycles. The van der Waals surface area contributed by atoms with Gasteiger partial charge in [-0.2, -0.15) is 0 Å². The highest BCUT2D eigenvalue weighted by molar-refractivity contribution is 6.03. The zero-order chi connectivity index (χ0) is 19.9. The number of hydrogen-bond acceptors (Lipinski definition) is 5. The summed E-state index contributed by atoms with van der Waals surface area (Å²) in [5, 5.41) is 5.54. The van der Waals surface area contributed by atoms with Gasteiger partial charge in [0.2, 0.25) is 0 Å². The van der Waals surface area contributed by atoms with Crippen LogP contribution >= 0.6 is 0 Å². The normalized spacial score (nSPS) is 10.2. The van der Waals surface area contributed by atoms with Crippen LogP contribution in [0.25, 0.3) is 0 Å². The van der Waals surface area contributed by atoms with Gasteiger partial charge in [-0.05, 0) is 48.0 Å². The molecular weight excluding hydrogens is 360 g/mol. The minimum Gasteiger partial charge on any atom is -0.493 e. The molecule has 1 aromatic heterocycles. The first-order valence-electron chi connectivity index (χ1n) is 8.54. The molecule has 0 bridgehead atoms. The van der Waals surface area contributed by atoms with E-state index in [2.05, 4.69) is 10.6 Å². The van der Waals surface area contributed by atoms with Crippen molar-refractivity contribution in [3.05, 3.63) is 77.7 Å². The van der Waals surface area contributed by atoms with Crippen molar-refractivity contribution < 1.29 is 23.5 Å². The highest BCUT2D eigenvalue weighted by Crippen LogP contribution is 2.27. The summed E-state index contributed by atoms with van der Waals surface area (Å²) in [5.74, 6) is 0.773. The zero-order valence-electron chi connectivity index (χ0n) is 15.5. The van der Waals surface area contributed by atoms with Crippen molar-refractivity contribution in [1.82, 2.24) is 5.32 Å². The monoisotopic (exact) mass is 380 g/mol. The van der Waals surface area contributed by atoms with Gasteiger partial charge in [-0.15, -0.1) is 0 Å². The second kappa shape index (κ2) is 8.77. The van der Waals surface area contributed by atoms with Crippen molar-refractivity contribution in [3.63, 3.8) is 0 Å². The lowest BCUT2D eigenvalue weighted by molar-refractivity contribution is 0.0949. The van der Waals surface area contributed by atoms with Crippen LogP contribution in [0.3, 0.4) is 0 Å². The number of benzene rings is 2. The predicted octanol–water partition coefficient (Wildman–Crippen LogP) is 3.48. The number of ether oxygens (including phenoxy) is 2. The number of amides is 2. The maximum Gasteiger partial charge on any atom is 0.291 e. The van der Waals surface area contributed by atoms with E-state index in [1.54, 1.807) is 62.8 Å². The van der Waals surface area contributed by atoms with Crippen LogP contribution in [0.4, 0.5) is 5.69 Å². The molecule has 144 valence electrons. The van der Waals surface area contributed by atoms with Gasteiger partial charge < -0.3 is 24.5 Å². The summed E-state index contributed by atoms with van der Waals surface area (Å²) in [7, 11) is 3.12. The van der Waals surface area contributed by atoms with Gasteiger partial charge in [0, 0.05) is 17.8 Å². The molecule has 2 aromatic carbocycles. The molecule has 0 fully saturated rings. The van der Waals surface area contributed by atoms with E-state index in [-0.39, 0.29) is 17.6 Å². The fraction of sp³-hybridized carbons (Fsp3) is 0.143. The molecule has 0 saturated heterocycles. The van der Waals surface area contributed by atoms with Crippen LogP contribution in [0.1, 0.15) is 26.5 Å². The number of anilines is 1. The second-order valence-corrected chi connectivity index (χ2v) is 5.88. The Labute approximate surface area is 162 Å². The number of nitrogens with one attached hydrogen (secondary N) is 2. The third kappa shape index (κ3) is 4.50. The van der Waals surface area contributed by atoms with E-state index in [1.165, 1.54) is 6.26 Å². The van der Waals surface area contributed by atoms with Gasteiger partial charge in [0.15, 0.2) is 17.3 Å². The van der Waals surface area contributed by atoms with Crippen molar-refractivity contribution in [1.29, 1.82) is 0 Å². The molecule has 0 atom stereocenters. The van der Waals surface area contributed by atoms with Crippen molar-refractivity contribution in [2.24, 2.45) is 0 Å². The summed E-state index contributed by atoms with van der Waals surface area (Å²) in [6, 6.07) is 15.3. The number of furan rings is 1. The first kappa shape index (κ1) is 19.0. The molecule has 2 amide bonds. The Morgan fingerprint density at radius 2 is 1.75 bits per heavy atom. The molecule has 0 radical (unpaired) electrons. The summed E-state index contributed by atoms with van der Waals surface area (Å²) in [6.07, 6.45) is 1.42. The Kier molecular flexibility index (Phi) is 5.96. The summed E-state index contributed by atoms with van der Waals surface area (Å²) >= 11 is 0. The van der Waals surface area contributed by atoms with Gasteiger partial charge in [-0.25, -0.2) is 0 Å². The molecule has 2 N–H and O–H groups in total. The van der Waals surface area contributed by atoms with Gasteiger partial charge in [-0.1, -0.05) is 12.1 Å². The topological polar surface area (TPSA) is 89.8 Å². The smallest absolute Gasteiger partial charge is 0.291 e. The van der Waals surface area contributed by atoms with Gasteiger partial charge in [0.25, 0.3) is 11.8 Å². The predicted molar refractivity (Wildman–Crippen MR) is 104 cm³/mol. The van der Waals surface area contributed by atoms with E-state index in [0.717, 1.165) is 5.56 Å². The standard InChI is InChI=1S/C21H20N2O5/c1-26-17-9-8-14(11-19(17)27-2)13-22-20(24)15-5-3-6-16(12-15)23-21(25)18-7-4-10-28-18/h3-12H,13H2,1-2H3,(H,22,24)(H,23,25). The summed E-state index contributed by atoms with van der Waals surface area (Å²) in [4.78, 5) is 24.5. The van der Waals surface area contributed by atoms with E-state index in [4.69, 9.17) is 13.9 Å². The van der Waals surface area contributed by atoms with Gasteiger partial charge in [0.1, 0.15) is 0 Å². The summed E-state index contributed by atoms with van der Waals surface area (Å²) in [6.45, 7) is 0.322. The Morgan fingerprint density at radius 1 is 0.929 bits per heavy atom. The number of rotatable bonds is 7. The Hall–Kier alpha value is -3.74. The van der Waals surface area contributed by atoms with E-state index in [0.29, 0.717) is 29.3 Å². The van der Waals surface area contributed by atoms with E-state index >= 15 is 0 Å². The highest BCUT2D eigenvalue weighted by Gasteiger charge is 2.11. The number of carbonyl (C=O) groups is 2. The average Bonchev–Trinajstić information content (AvgIpc) is 3.27. The lowest BCUT2D eigenvalue weighted by atomic mass is 10.1. The highest BCUT2D eigenvalue weighted by atomic mass is 16.5. The van der Waals surface area contributed by atoms with Gasteiger partial charge in [0.05, 0.1) is 20.5 Å². The van der Waals surface area contributed by atoms with Crippen LogP contribution in [0, 0.1) is 0 Å². The van der Waals surface area contributed by atoms with Crippen LogP contribution in [0.15, 0.2) is 65.3 Å². The minimum atomic E-state index is -0.382. The number of carbonyl (C=O) groups excluding carboxylic acids is 2. The van der Waals surface area contributed by atoms with Crippen LogP contribution < -0.4 is 20.1 Å². The van der Waals surface area contributed by atoms with Crippen molar-refractivity contribution in [2.45, 2.75) is 6.54 Å². The molecule has 0 unspecified atom stereocenters. The third-order valence-corrected chi connectivity index (χ3v) is 4.03. The maximum atomic E-state index is 12.5. The molecular formula is C21H20N2O5. The molecule has 28 heavy (non-hydrogen) atoms. The van der Waals surface area contributed by atoms with E-state index in [9.17, 15) is 9.59 Å². The Bertz CT molecular complexity index is 967. The number of hydrogen-bond donors (Lipinski definition) is 2. The average molecular weight is 380 g/mol. The first-order chi connectivity index (χ1) is 13.6. The Morgan fingerprint density at radius 3 is 2.46 bits per heavy atom. The van der Waals surface area contributed by atoms with E-state index in [1.807, 2.05) is 6.07 Å². The SMILES string of the molecule is COc1ccc(CNC(=O)c2cccc(NC(=O)c3ccco3)c2)cc1OC. The zero-order valence-corrected chi connectivity index (χ0v) is 15.5. The molecule has 0 saturated carbocycles.